The number of anilines is 1. The van der Waals surface area contributed by atoms with E-state index in [4.69, 9.17) is 4.74 Å². The van der Waals surface area contributed by atoms with Gasteiger partial charge in [0.25, 0.3) is 10.0 Å². The summed E-state index contributed by atoms with van der Waals surface area (Å²) in [6.45, 7) is 7.28. The first-order valence-corrected chi connectivity index (χ1v) is 16.9. The van der Waals surface area contributed by atoms with Gasteiger partial charge in [0, 0.05) is 19.0 Å². The monoisotopic (exact) mass is 641 g/mol. The van der Waals surface area contributed by atoms with Crippen LogP contribution < -0.4 is 14.4 Å². The Hall–Kier alpha value is -4.63. The largest absolute Gasteiger partial charge is 0.495 e. The summed E-state index contributed by atoms with van der Waals surface area (Å²) in [4.78, 5) is 30.2. The molecule has 0 aliphatic rings. The Morgan fingerprint density at radius 3 is 2.04 bits per heavy atom. The molecule has 0 radical (unpaired) electrons. The molecule has 4 aromatic rings. The Bertz CT molecular complexity index is 1710. The maximum Gasteiger partial charge on any atom is 0.264 e. The molecule has 0 aliphatic heterocycles. The lowest BCUT2D eigenvalue weighted by molar-refractivity contribution is -0.140. The summed E-state index contributed by atoms with van der Waals surface area (Å²) in [6.07, 6.45) is 0.964. The Balaban J connectivity index is 1.84. The number of carbonyl (C=O) groups excluding carboxylic acids is 2. The van der Waals surface area contributed by atoms with E-state index in [-0.39, 0.29) is 35.5 Å². The molecular weight excluding hydrogens is 598 g/mol. The summed E-state index contributed by atoms with van der Waals surface area (Å²) in [7, 11) is -2.77. The molecule has 9 heteroatoms. The van der Waals surface area contributed by atoms with E-state index in [2.05, 4.69) is 5.32 Å². The molecule has 242 valence electrons. The van der Waals surface area contributed by atoms with E-state index in [0.29, 0.717) is 12.2 Å². The van der Waals surface area contributed by atoms with Gasteiger partial charge in [-0.15, -0.1) is 0 Å². The molecule has 0 heterocycles. The zero-order valence-electron chi connectivity index (χ0n) is 27.1. The molecule has 0 bridgehead atoms. The minimum atomic E-state index is -4.23. The number of nitrogens with one attached hydrogen (secondary N) is 1. The SMILES string of the molecule is CC[C@H](C)NC(=O)[C@@H](Cc1ccccc1)N(Cc1ccc(C)cc1)C(=O)CN(c1cc(C)ccc1OC)S(=O)(=O)c1ccccc1. The van der Waals surface area contributed by atoms with Crippen LogP contribution in [0.3, 0.4) is 0 Å². The first-order chi connectivity index (χ1) is 22.0. The average Bonchev–Trinajstić information content (AvgIpc) is 3.06. The molecule has 4 aromatic carbocycles. The fourth-order valence-electron chi connectivity index (χ4n) is 5.11. The highest BCUT2D eigenvalue weighted by atomic mass is 32.2. The molecular formula is C37H43N3O5S. The number of benzene rings is 4. The van der Waals surface area contributed by atoms with Gasteiger partial charge in [-0.25, -0.2) is 8.42 Å². The minimum Gasteiger partial charge on any atom is -0.495 e. The van der Waals surface area contributed by atoms with Gasteiger partial charge in [0.05, 0.1) is 17.7 Å². The minimum absolute atomic E-state index is 0.0341. The first-order valence-electron chi connectivity index (χ1n) is 15.4. The molecule has 2 amide bonds. The van der Waals surface area contributed by atoms with Crippen LogP contribution in [0.4, 0.5) is 5.69 Å². The number of sulfonamides is 1. The molecule has 4 rings (SSSR count). The number of carbonyl (C=O) groups is 2. The molecule has 0 unspecified atom stereocenters. The molecule has 0 saturated carbocycles. The van der Waals surface area contributed by atoms with E-state index in [9.17, 15) is 18.0 Å². The standard InChI is InChI=1S/C37H43N3O5S/c1-6-29(4)38-37(42)34(24-30-13-9-7-10-14-30)39(25-31-20-17-27(2)18-21-31)36(41)26-40(33-23-28(3)19-22-35(33)45-5)46(43,44)32-15-11-8-12-16-32/h7-23,29,34H,6,24-26H2,1-5H3,(H,38,42)/t29-,34+/m0/s1. The Kier molecular flexibility index (Phi) is 11.6. The second-order valence-electron chi connectivity index (χ2n) is 11.5. The van der Waals surface area contributed by atoms with Gasteiger partial charge in [-0.1, -0.05) is 91.3 Å². The second-order valence-corrected chi connectivity index (χ2v) is 13.4. The predicted molar refractivity (Wildman–Crippen MR) is 182 cm³/mol. The summed E-state index contributed by atoms with van der Waals surface area (Å²) in [5, 5.41) is 3.06. The maximum atomic E-state index is 14.7. The fraction of sp³-hybridized carbons (Fsp3) is 0.297. The topological polar surface area (TPSA) is 96.0 Å². The van der Waals surface area contributed by atoms with Crippen molar-refractivity contribution in [1.82, 2.24) is 10.2 Å². The average molecular weight is 642 g/mol. The van der Waals surface area contributed by atoms with Crippen molar-refractivity contribution in [2.45, 2.75) is 64.1 Å². The van der Waals surface area contributed by atoms with E-state index in [0.717, 1.165) is 26.6 Å². The third kappa shape index (κ3) is 8.54. The molecule has 8 nitrogen and oxygen atoms in total. The summed E-state index contributed by atoms with van der Waals surface area (Å²) >= 11 is 0. The Labute approximate surface area is 273 Å². The van der Waals surface area contributed by atoms with Gasteiger partial charge in [0.15, 0.2) is 0 Å². The summed E-state index contributed by atoms with van der Waals surface area (Å²) in [5.41, 5.74) is 3.78. The number of nitrogens with zero attached hydrogens (tertiary/aromatic N) is 2. The van der Waals surface area contributed by atoms with Crippen molar-refractivity contribution in [2.75, 3.05) is 18.0 Å². The summed E-state index contributed by atoms with van der Waals surface area (Å²) in [6, 6.07) is 29.4. The zero-order valence-corrected chi connectivity index (χ0v) is 28.0. The summed E-state index contributed by atoms with van der Waals surface area (Å²) in [5.74, 6) is -0.522. The van der Waals surface area contributed by atoms with Crippen molar-refractivity contribution >= 4 is 27.5 Å². The second kappa shape index (κ2) is 15.6. The van der Waals surface area contributed by atoms with Gasteiger partial charge >= 0.3 is 0 Å². The van der Waals surface area contributed by atoms with Crippen LogP contribution in [-0.2, 0) is 32.6 Å². The maximum absolute atomic E-state index is 14.7. The van der Waals surface area contributed by atoms with Gasteiger partial charge in [-0.05, 0) is 68.1 Å². The van der Waals surface area contributed by atoms with Crippen molar-refractivity contribution in [1.29, 1.82) is 0 Å². The van der Waals surface area contributed by atoms with Crippen LogP contribution in [0, 0.1) is 13.8 Å². The van der Waals surface area contributed by atoms with E-state index in [1.165, 1.54) is 24.1 Å². The number of rotatable bonds is 14. The van der Waals surface area contributed by atoms with Gasteiger partial charge in [0.2, 0.25) is 11.8 Å². The molecule has 46 heavy (non-hydrogen) atoms. The third-order valence-corrected chi connectivity index (χ3v) is 9.73. The Morgan fingerprint density at radius 2 is 1.43 bits per heavy atom. The highest BCUT2D eigenvalue weighted by Crippen LogP contribution is 2.34. The predicted octanol–water partition coefficient (Wildman–Crippen LogP) is 6.06. The smallest absolute Gasteiger partial charge is 0.264 e. The number of methoxy groups -OCH3 is 1. The van der Waals surface area contributed by atoms with Gasteiger partial charge in [0.1, 0.15) is 18.3 Å². The van der Waals surface area contributed by atoms with Crippen LogP contribution in [0.15, 0.2) is 108 Å². The van der Waals surface area contributed by atoms with E-state index >= 15 is 0 Å². The number of aryl methyl sites for hydroxylation is 2. The number of amides is 2. The lowest BCUT2D eigenvalue weighted by Gasteiger charge is -2.34. The lowest BCUT2D eigenvalue weighted by atomic mass is 10.0. The molecule has 0 fully saturated rings. The van der Waals surface area contributed by atoms with Gasteiger partial charge in [-0.2, -0.15) is 0 Å². The zero-order chi connectivity index (χ0) is 33.3. The quantitative estimate of drug-likeness (QED) is 0.181. The van der Waals surface area contributed by atoms with E-state index in [1.54, 1.807) is 30.3 Å². The summed E-state index contributed by atoms with van der Waals surface area (Å²) < 4.78 is 35.2. The van der Waals surface area contributed by atoms with Crippen molar-refractivity contribution in [2.24, 2.45) is 0 Å². The van der Waals surface area contributed by atoms with Gasteiger partial charge in [-0.3, -0.25) is 13.9 Å². The van der Waals surface area contributed by atoms with Crippen molar-refractivity contribution in [3.63, 3.8) is 0 Å². The Morgan fingerprint density at radius 1 is 0.826 bits per heavy atom. The van der Waals surface area contributed by atoms with Crippen LogP contribution in [0.2, 0.25) is 0 Å². The number of hydrogen-bond donors (Lipinski definition) is 1. The highest BCUT2D eigenvalue weighted by Gasteiger charge is 2.35. The van der Waals surface area contributed by atoms with E-state index < -0.39 is 28.5 Å². The van der Waals surface area contributed by atoms with Crippen molar-refractivity contribution < 1.29 is 22.7 Å². The molecule has 1 N–H and O–H groups in total. The van der Waals surface area contributed by atoms with Gasteiger partial charge < -0.3 is 15.0 Å². The number of hydrogen-bond acceptors (Lipinski definition) is 5. The van der Waals surface area contributed by atoms with Crippen molar-refractivity contribution in [3.8, 4) is 5.75 Å². The van der Waals surface area contributed by atoms with Crippen LogP contribution in [0.25, 0.3) is 0 Å². The van der Waals surface area contributed by atoms with Crippen LogP contribution in [0.1, 0.15) is 42.5 Å². The first kappa shape index (κ1) is 34.2. The van der Waals surface area contributed by atoms with Crippen LogP contribution in [-0.4, -0.2) is 50.9 Å². The normalized spacial score (nSPS) is 12.5. The van der Waals surface area contributed by atoms with Crippen LogP contribution in [0.5, 0.6) is 5.75 Å². The lowest BCUT2D eigenvalue weighted by Crippen LogP contribution is -2.54. The fourth-order valence-corrected chi connectivity index (χ4v) is 6.55. The highest BCUT2D eigenvalue weighted by molar-refractivity contribution is 7.92. The third-order valence-electron chi connectivity index (χ3n) is 7.96. The van der Waals surface area contributed by atoms with E-state index in [1.807, 2.05) is 88.4 Å². The molecule has 0 saturated heterocycles. The molecule has 0 aliphatic carbocycles. The molecule has 0 aromatic heterocycles. The molecule has 0 spiro atoms. The number of ether oxygens (including phenoxy) is 1. The van der Waals surface area contributed by atoms with Crippen molar-refractivity contribution in [3.05, 3.63) is 125 Å². The molecule has 2 atom stereocenters. The van der Waals surface area contributed by atoms with Crippen LogP contribution >= 0.6 is 0 Å².